The summed E-state index contributed by atoms with van der Waals surface area (Å²) in [5, 5.41) is 5.67. The van der Waals surface area contributed by atoms with Gasteiger partial charge in [-0.3, -0.25) is 9.59 Å². The summed E-state index contributed by atoms with van der Waals surface area (Å²) >= 11 is 0. The summed E-state index contributed by atoms with van der Waals surface area (Å²) in [5.41, 5.74) is 2.99. The van der Waals surface area contributed by atoms with Gasteiger partial charge in [-0.25, -0.2) is 0 Å². The quantitative estimate of drug-likeness (QED) is 0.825. The maximum absolute atomic E-state index is 11.9. The van der Waals surface area contributed by atoms with Gasteiger partial charge in [-0.15, -0.1) is 0 Å². The highest BCUT2D eigenvalue weighted by molar-refractivity contribution is 5.93. The number of hydrogen-bond donors (Lipinski definition) is 2. The number of anilines is 1. The average molecular weight is 310 g/mol. The molecule has 0 bridgehead atoms. The molecule has 2 amide bonds. The van der Waals surface area contributed by atoms with Crippen molar-refractivity contribution in [1.29, 1.82) is 0 Å². The van der Waals surface area contributed by atoms with Gasteiger partial charge in [0.25, 0.3) is 0 Å². The number of aryl methyl sites for hydroxylation is 1. The number of hydrogen-bond acceptors (Lipinski definition) is 2. The second kappa shape index (κ2) is 8.73. The van der Waals surface area contributed by atoms with Gasteiger partial charge in [0, 0.05) is 25.1 Å². The number of rotatable bonds is 7. The molecule has 0 radical (unpaired) electrons. The van der Waals surface area contributed by atoms with Crippen molar-refractivity contribution in [3.8, 4) is 0 Å². The molecule has 0 fully saturated rings. The lowest BCUT2D eigenvalue weighted by atomic mass is 10.1. The molecular formula is C19H22N2O2. The molecular weight excluding hydrogens is 288 g/mol. The Bertz CT molecular complexity index is 653. The van der Waals surface area contributed by atoms with E-state index in [-0.39, 0.29) is 24.7 Å². The van der Waals surface area contributed by atoms with Gasteiger partial charge in [0.1, 0.15) is 0 Å². The van der Waals surface area contributed by atoms with E-state index in [0.717, 1.165) is 17.7 Å². The number of para-hydroxylation sites is 1. The van der Waals surface area contributed by atoms with Crippen molar-refractivity contribution >= 4 is 17.5 Å². The predicted molar refractivity (Wildman–Crippen MR) is 92.2 cm³/mol. The third-order valence-corrected chi connectivity index (χ3v) is 3.58. The number of benzene rings is 2. The summed E-state index contributed by atoms with van der Waals surface area (Å²) in [6.45, 7) is 2.52. The molecule has 0 aliphatic heterocycles. The van der Waals surface area contributed by atoms with E-state index < -0.39 is 0 Å². The van der Waals surface area contributed by atoms with Crippen molar-refractivity contribution in [2.24, 2.45) is 0 Å². The standard InChI is InChI=1S/C19H22N2O2/c1-15-7-5-6-10-17(15)21-19(23)12-11-18(22)20-14-13-16-8-3-2-4-9-16/h2-10H,11-14H2,1H3,(H,20,22)(H,21,23). The Balaban J connectivity index is 1.66. The average Bonchev–Trinajstić information content (AvgIpc) is 2.56. The topological polar surface area (TPSA) is 58.2 Å². The molecule has 0 aliphatic rings. The Kier molecular flexibility index (Phi) is 6.36. The second-order valence-electron chi connectivity index (χ2n) is 5.45. The minimum atomic E-state index is -0.141. The van der Waals surface area contributed by atoms with Gasteiger partial charge in [-0.1, -0.05) is 48.5 Å². The monoisotopic (exact) mass is 310 g/mol. The zero-order valence-corrected chi connectivity index (χ0v) is 13.3. The summed E-state index contributed by atoms with van der Waals surface area (Å²) in [5.74, 6) is -0.238. The Morgan fingerprint density at radius 1 is 0.870 bits per heavy atom. The minimum absolute atomic E-state index is 0.0964. The molecule has 0 heterocycles. The number of carbonyl (C=O) groups excluding carboxylic acids is 2. The van der Waals surface area contributed by atoms with Crippen LogP contribution in [-0.2, 0) is 16.0 Å². The summed E-state index contributed by atoms with van der Waals surface area (Å²) in [6, 6.07) is 17.6. The SMILES string of the molecule is Cc1ccccc1NC(=O)CCC(=O)NCCc1ccccc1. The molecule has 0 saturated heterocycles. The molecule has 2 aromatic rings. The summed E-state index contributed by atoms with van der Waals surface area (Å²) < 4.78 is 0. The fourth-order valence-corrected chi connectivity index (χ4v) is 2.23. The maximum Gasteiger partial charge on any atom is 0.224 e. The summed E-state index contributed by atoms with van der Waals surface area (Å²) in [6.07, 6.45) is 1.18. The van der Waals surface area contributed by atoms with Crippen molar-refractivity contribution in [1.82, 2.24) is 5.32 Å². The lowest BCUT2D eigenvalue weighted by molar-refractivity contribution is -0.124. The molecule has 2 N–H and O–H groups in total. The van der Waals surface area contributed by atoms with Crippen LogP contribution < -0.4 is 10.6 Å². The van der Waals surface area contributed by atoms with E-state index in [1.807, 2.05) is 61.5 Å². The van der Waals surface area contributed by atoms with Gasteiger partial charge < -0.3 is 10.6 Å². The molecule has 23 heavy (non-hydrogen) atoms. The van der Waals surface area contributed by atoms with Gasteiger partial charge in [-0.05, 0) is 30.5 Å². The largest absolute Gasteiger partial charge is 0.356 e. The smallest absolute Gasteiger partial charge is 0.224 e. The zero-order chi connectivity index (χ0) is 16.5. The fourth-order valence-electron chi connectivity index (χ4n) is 2.23. The Morgan fingerprint density at radius 2 is 1.52 bits per heavy atom. The molecule has 2 rings (SSSR count). The normalized spacial score (nSPS) is 10.1. The number of nitrogens with one attached hydrogen (secondary N) is 2. The van der Waals surface area contributed by atoms with Crippen molar-refractivity contribution in [2.75, 3.05) is 11.9 Å². The van der Waals surface area contributed by atoms with Crippen LogP contribution in [0.4, 0.5) is 5.69 Å². The van der Waals surface area contributed by atoms with Gasteiger partial charge in [0.15, 0.2) is 0 Å². The molecule has 0 saturated carbocycles. The molecule has 0 unspecified atom stereocenters. The van der Waals surface area contributed by atoms with Crippen LogP contribution in [0.3, 0.4) is 0 Å². The first-order valence-corrected chi connectivity index (χ1v) is 7.81. The highest BCUT2D eigenvalue weighted by atomic mass is 16.2. The van der Waals surface area contributed by atoms with Crippen molar-refractivity contribution in [2.45, 2.75) is 26.2 Å². The second-order valence-corrected chi connectivity index (χ2v) is 5.45. The fraction of sp³-hybridized carbons (Fsp3) is 0.263. The molecule has 0 atom stereocenters. The van der Waals surface area contributed by atoms with Crippen molar-refractivity contribution in [3.05, 3.63) is 65.7 Å². The van der Waals surface area contributed by atoms with Crippen LogP contribution in [-0.4, -0.2) is 18.4 Å². The first kappa shape index (κ1) is 16.7. The lowest BCUT2D eigenvalue weighted by Crippen LogP contribution is -2.26. The molecule has 4 nitrogen and oxygen atoms in total. The van der Waals surface area contributed by atoms with E-state index in [1.54, 1.807) is 0 Å². The van der Waals surface area contributed by atoms with Crippen LogP contribution >= 0.6 is 0 Å². The van der Waals surface area contributed by atoms with Crippen LogP contribution in [0.1, 0.15) is 24.0 Å². The molecule has 0 spiro atoms. The van der Waals surface area contributed by atoms with Crippen molar-refractivity contribution < 1.29 is 9.59 Å². The van der Waals surface area contributed by atoms with Crippen molar-refractivity contribution in [3.63, 3.8) is 0 Å². The van der Waals surface area contributed by atoms with Gasteiger partial charge in [0.05, 0.1) is 0 Å². The zero-order valence-electron chi connectivity index (χ0n) is 13.3. The van der Waals surface area contributed by atoms with Gasteiger partial charge in [-0.2, -0.15) is 0 Å². The first-order valence-electron chi connectivity index (χ1n) is 7.81. The summed E-state index contributed by atoms with van der Waals surface area (Å²) in [7, 11) is 0. The van der Waals surface area contributed by atoms with E-state index in [0.29, 0.717) is 6.54 Å². The Morgan fingerprint density at radius 3 is 2.26 bits per heavy atom. The van der Waals surface area contributed by atoms with Crippen LogP contribution in [0.15, 0.2) is 54.6 Å². The molecule has 4 heteroatoms. The van der Waals surface area contributed by atoms with E-state index in [2.05, 4.69) is 10.6 Å². The Hall–Kier alpha value is -2.62. The van der Waals surface area contributed by atoms with E-state index >= 15 is 0 Å². The lowest BCUT2D eigenvalue weighted by Gasteiger charge is -2.08. The van der Waals surface area contributed by atoms with Crippen LogP contribution in [0.25, 0.3) is 0 Å². The van der Waals surface area contributed by atoms with E-state index in [9.17, 15) is 9.59 Å². The molecule has 120 valence electrons. The molecule has 2 aromatic carbocycles. The van der Waals surface area contributed by atoms with Crippen LogP contribution in [0, 0.1) is 6.92 Å². The predicted octanol–water partition coefficient (Wildman–Crippen LogP) is 3.07. The van der Waals surface area contributed by atoms with Crippen LogP contribution in [0.5, 0.6) is 0 Å². The van der Waals surface area contributed by atoms with Crippen LogP contribution in [0.2, 0.25) is 0 Å². The van der Waals surface area contributed by atoms with E-state index in [1.165, 1.54) is 5.56 Å². The number of amides is 2. The molecule has 0 aliphatic carbocycles. The third-order valence-electron chi connectivity index (χ3n) is 3.58. The first-order chi connectivity index (χ1) is 11.1. The Labute approximate surface area is 136 Å². The minimum Gasteiger partial charge on any atom is -0.356 e. The number of carbonyl (C=O) groups is 2. The van der Waals surface area contributed by atoms with Gasteiger partial charge in [0.2, 0.25) is 11.8 Å². The van der Waals surface area contributed by atoms with Gasteiger partial charge >= 0.3 is 0 Å². The molecule has 0 aromatic heterocycles. The third kappa shape index (κ3) is 5.94. The summed E-state index contributed by atoms with van der Waals surface area (Å²) in [4.78, 5) is 23.6. The maximum atomic E-state index is 11.9. The highest BCUT2D eigenvalue weighted by Gasteiger charge is 2.08. The highest BCUT2D eigenvalue weighted by Crippen LogP contribution is 2.13. The van der Waals surface area contributed by atoms with E-state index in [4.69, 9.17) is 0 Å².